The number of hydrazone groups is 1. The van der Waals surface area contributed by atoms with E-state index < -0.39 is 16.6 Å². The van der Waals surface area contributed by atoms with Crippen LogP contribution in [0.4, 0.5) is 10.1 Å². The fourth-order valence-corrected chi connectivity index (χ4v) is 2.14. The summed E-state index contributed by atoms with van der Waals surface area (Å²) in [5.74, 6) is -1.51. The van der Waals surface area contributed by atoms with E-state index in [9.17, 15) is 19.3 Å². The normalized spacial score (nSPS) is 10.3. The van der Waals surface area contributed by atoms with Crippen LogP contribution in [0.1, 0.15) is 21.5 Å². The van der Waals surface area contributed by atoms with Crippen LogP contribution in [-0.2, 0) is 0 Å². The Bertz CT molecular complexity index is 969. The van der Waals surface area contributed by atoms with E-state index in [0.29, 0.717) is 0 Å². The number of methoxy groups -OCH3 is 2. The van der Waals surface area contributed by atoms with Crippen molar-refractivity contribution in [2.24, 2.45) is 5.10 Å². The van der Waals surface area contributed by atoms with E-state index in [2.05, 4.69) is 10.5 Å². The standard InChI is InChI=1S/C17H13FN4O5/c1-26-15-7-16(27-2)14(22(24)25)6-11(15)9-20-21-17(23)12-4-3-10(8-19)5-13(12)18/h3-7,9H,1-2H3,(H,21,23)/b20-9-. The van der Waals surface area contributed by atoms with Gasteiger partial charge < -0.3 is 9.47 Å². The van der Waals surface area contributed by atoms with Crippen molar-refractivity contribution in [2.45, 2.75) is 0 Å². The SMILES string of the molecule is COc1cc(OC)c([N+](=O)[O-])cc1/C=N\NC(=O)c1ccc(C#N)cc1F. The molecule has 138 valence electrons. The van der Waals surface area contributed by atoms with Crippen LogP contribution in [0.2, 0.25) is 0 Å². The first-order chi connectivity index (χ1) is 12.9. The highest BCUT2D eigenvalue weighted by Crippen LogP contribution is 2.33. The zero-order chi connectivity index (χ0) is 20.0. The number of nitriles is 1. The number of benzene rings is 2. The minimum absolute atomic E-state index is 0.00214. The van der Waals surface area contributed by atoms with Gasteiger partial charge in [-0.05, 0) is 18.2 Å². The molecule has 0 aliphatic heterocycles. The van der Waals surface area contributed by atoms with E-state index in [0.717, 1.165) is 24.4 Å². The van der Waals surface area contributed by atoms with Crippen LogP contribution in [0, 0.1) is 27.3 Å². The van der Waals surface area contributed by atoms with Crippen molar-refractivity contribution in [3.8, 4) is 17.6 Å². The van der Waals surface area contributed by atoms with Crippen LogP contribution in [0.3, 0.4) is 0 Å². The molecule has 0 heterocycles. The van der Waals surface area contributed by atoms with Gasteiger partial charge in [-0.15, -0.1) is 0 Å². The van der Waals surface area contributed by atoms with Gasteiger partial charge in [0.15, 0.2) is 0 Å². The van der Waals surface area contributed by atoms with Crippen LogP contribution in [0.5, 0.6) is 11.5 Å². The molecular weight excluding hydrogens is 359 g/mol. The van der Waals surface area contributed by atoms with Crippen LogP contribution in [0.25, 0.3) is 0 Å². The number of ether oxygens (including phenoxy) is 2. The maximum absolute atomic E-state index is 13.8. The van der Waals surface area contributed by atoms with Gasteiger partial charge in [0.2, 0.25) is 5.75 Å². The van der Waals surface area contributed by atoms with Gasteiger partial charge in [0.1, 0.15) is 11.6 Å². The lowest BCUT2D eigenvalue weighted by Gasteiger charge is -2.08. The molecule has 9 nitrogen and oxygen atoms in total. The van der Waals surface area contributed by atoms with Crippen LogP contribution in [-0.4, -0.2) is 31.3 Å². The largest absolute Gasteiger partial charge is 0.496 e. The Labute approximate surface area is 152 Å². The Kier molecular flexibility index (Phi) is 6.01. The third kappa shape index (κ3) is 4.35. The first-order valence-corrected chi connectivity index (χ1v) is 7.34. The van der Waals surface area contributed by atoms with E-state index >= 15 is 0 Å². The van der Waals surface area contributed by atoms with E-state index in [1.807, 2.05) is 0 Å². The summed E-state index contributed by atoms with van der Waals surface area (Å²) in [5.41, 5.74) is 1.75. The number of nitro groups is 1. The monoisotopic (exact) mass is 372 g/mol. The molecule has 1 amide bonds. The molecule has 0 aliphatic rings. The summed E-state index contributed by atoms with van der Waals surface area (Å²) in [5, 5.41) is 23.5. The molecule has 10 heteroatoms. The molecule has 1 N–H and O–H groups in total. The maximum atomic E-state index is 13.8. The highest BCUT2D eigenvalue weighted by molar-refractivity contribution is 5.95. The highest BCUT2D eigenvalue weighted by atomic mass is 19.1. The second-order valence-corrected chi connectivity index (χ2v) is 5.03. The first-order valence-electron chi connectivity index (χ1n) is 7.34. The van der Waals surface area contributed by atoms with Crippen molar-refractivity contribution in [1.29, 1.82) is 5.26 Å². The number of rotatable bonds is 6. The third-order valence-electron chi connectivity index (χ3n) is 3.44. The number of nitrogens with one attached hydrogen (secondary N) is 1. The molecular formula is C17H13FN4O5. The Hall–Kier alpha value is -4.00. The molecule has 0 aromatic heterocycles. The Morgan fingerprint density at radius 2 is 2.00 bits per heavy atom. The molecule has 0 bridgehead atoms. The fraction of sp³-hybridized carbons (Fsp3) is 0.118. The third-order valence-corrected chi connectivity index (χ3v) is 3.44. The summed E-state index contributed by atoms with van der Waals surface area (Å²) >= 11 is 0. The van der Waals surface area contributed by atoms with Gasteiger partial charge in [-0.1, -0.05) is 0 Å². The summed E-state index contributed by atoms with van der Waals surface area (Å²) in [6.07, 6.45) is 1.12. The maximum Gasteiger partial charge on any atom is 0.311 e. The first kappa shape index (κ1) is 19.3. The molecule has 0 spiro atoms. The van der Waals surface area contributed by atoms with Gasteiger partial charge in [-0.3, -0.25) is 14.9 Å². The van der Waals surface area contributed by atoms with Crippen molar-refractivity contribution < 1.29 is 23.6 Å². The van der Waals surface area contributed by atoms with Crippen molar-refractivity contribution in [3.05, 3.63) is 63.0 Å². The van der Waals surface area contributed by atoms with Crippen molar-refractivity contribution in [1.82, 2.24) is 5.43 Å². The summed E-state index contributed by atoms with van der Waals surface area (Å²) in [7, 11) is 2.63. The molecule has 0 unspecified atom stereocenters. The second kappa shape index (κ2) is 8.39. The number of hydrogen-bond donors (Lipinski definition) is 1. The molecule has 0 radical (unpaired) electrons. The molecule has 0 fully saturated rings. The number of halogens is 1. The quantitative estimate of drug-likeness (QED) is 0.471. The molecule has 2 rings (SSSR count). The molecule has 0 atom stereocenters. The predicted octanol–water partition coefficient (Wildman–Crippen LogP) is 2.39. The highest BCUT2D eigenvalue weighted by Gasteiger charge is 2.19. The minimum atomic E-state index is -0.876. The fourth-order valence-electron chi connectivity index (χ4n) is 2.14. The Balaban J connectivity index is 2.25. The average Bonchev–Trinajstić information content (AvgIpc) is 2.66. The second-order valence-electron chi connectivity index (χ2n) is 5.03. The zero-order valence-corrected chi connectivity index (χ0v) is 14.2. The Morgan fingerprint density at radius 1 is 1.30 bits per heavy atom. The summed E-state index contributed by atoms with van der Waals surface area (Å²) in [6, 6.07) is 7.59. The number of carbonyl (C=O) groups excluding carboxylic acids is 1. The van der Waals surface area contributed by atoms with Crippen molar-refractivity contribution in [3.63, 3.8) is 0 Å². The lowest BCUT2D eigenvalue weighted by Crippen LogP contribution is -2.19. The summed E-state index contributed by atoms with van der Waals surface area (Å²) in [4.78, 5) is 22.4. The number of nitro benzene ring substituents is 1. The van der Waals surface area contributed by atoms with Crippen molar-refractivity contribution in [2.75, 3.05) is 14.2 Å². The van der Waals surface area contributed by atoms with Gasteiger partial charge in [0, 0.05) is 17.7 Å². The van der Waals surface area contributed by atoms with E-state index in [1.165, 1.54) is 26.4 Å². The average molecular weight is 372 g/mol. The number of hydrogen-bond acceptors (Lipinski definition) is 7. The molecule has 2 aromatic carbocycles. The van der Waals surface area contributed by atoms with E-state index in [-0.39, 0.29) is 33.9 Å². The molecule has 0 saturated heterocycles. The minimum Gasteiger partial charge on any atom is -0.496 e. The van der Waals surface area contributed by atoms with Gasteiger partial charge >= 0.3 is 5.69 Å². The summed E-state index contributed by atoms with van der Waals surface area (Å²) in [6.45, 7) is 0. The van der Waals surface area contributed by atoms with Gasteiger partial charge in [0.25, 0.3) is 5.91 Å². The Morgan fingerprint density at radius 3 is 2.56 bits per heavy atom. The van der Waals surface area contributed by atoms with Gasteiger partial charge in [-0.2, -0.15) is 10.4 Å². The van der Waals surface area contributed by atoms with E-state index in [4.69, 9.17) is 14.7 Å². The topological polar surface area (TPSA) is 127 Å². The lowest BCUT2D eigenvalue weighted by molar-refractivity contribution is -0.385. The molecule has 2 aromatic rings. The van der Waals surface area contributed by atoms with E-state index in [1.54, 1.807) is 6.07 Å². The molecule has 0 saturated carbocycles. The number of amides is 1. The van der Waals surface area contributed by atoms with Crippen LogP contribution >= 0.6 is 0 Å². The lowest BCUT2D eigenvalue weighted by atomic mass is 10.1. The number of carbonyl (C=O) groups is 1. The van der Waals surface area contributed by atoms with Gasteiger partial charge in [-0.25, -0.2) is 9.82 Å². The van der Waals surface area contributed by atoms with Gasteiger partial charge in [0.05, 0.1) is 42.6 Å². The number of nitrogens with zero attached hydrogens (tertiary/aromatic N) is 3. The molecule has 0 aliphatic carbocycles. The van der Waals surface area contributed by atoms with Crippen molar-refractivity contribution >= 4 is 17.8 Å². The smallest absolute Gasteiger partial charge is 0.311 e. The van der Waals surface area contributed by atoms with Crippen LogP contribution in [0.15, 0.2) is 35.4 Å². The summed E-state index contributed by atoms with van der Waals surface area (Å²) < 4.78 is 23.9. The predicted molar refractivity (Wildman–Crippen MR) is 92.4 cm³/mol. The zero-order valence-electron chi connectivity index (χ0n) is 14.2. The molecule has 27 heavy (non-hydrogen) atoms. The van der Waals surface area contributed by atoms with Crippen LogP contribution < -0.4 is 14.9 Å².